The van der Waals surface area contributed by atoms with E-state index in [0.29, 0.717) is 6.61 Å². The van der Waals surface area contributed by atoms with Gasteiger partial charge < -0.3 is 9.47 Å². The number of hydrogen-bond donors (Lipinski definition) is 0. The maximum absolute atomic E-state index is 7.04. The predicted molar refractivity (Wildman–Crippen MR) is 207 cm³/mol. The Bertz CT molecular complexity index is 1020. The van der Waals surface area contributed by atoms with Crippen LogP contribution in [0.3, 0.4) is 0 Å². The van der Waals surface area contributed by atoms with Crippen molar-refractivity contribution in [2.24, 2.45) is 10.2 Å². The van der Waals surface area contributed by atoms with Crippen LogP contribution in [0.4, 0.5) is 11.4 Å². The van der Waals surface area contributed by atoms with E-state index in [1.807, 2.05) is 36.4 Å². The molecule has 0 aliphatic rings. The molecular formula is C43H74N3O2+. The van der Waals surface area contributed by atoms with Crippen LogP contribution in [0.25, 0.3) is 0 Å². The van der Waals surface area contributed by atoms with Crippen LogP contribution < -0.4 is 9.47 Å². The largest absolute Gasteiger partial charge is 0.491 e. The van der Waals surface area contributed by atoms with E-state index in [0.717, 1.165) is 46.6 Å². The molecule has 0 N–H and O–H groups in total. The van der Waals surface area contributed by atoms with Gasteiger partial charge in [-0.3, -0.25) is 4.48 Å². The summed E-state index contributed by atoms with van der Waals surface area (Å²) in [4.78, 5) is 0. The lowest BCUT2D eigenvalue weighted by atomic mass is 10.0. The lowest BCUT2D eigenvalue weighted by Gasteiger charge is -2.45. The van der Waals surface area contributed by atoms with Crippen LogP contribution in [0.15, 0.2) is 58.8 Å². The van der Waals surface area contributed by atoms with Crippen molar-refractivity contribution in [1.29, 1.82) is 0 Å². The molecule has 48 heavy (non-hydrogen) atoms. The normalized spacial score (nSPS) is 12.5. The summed E-state index contributed by atoms with van der Waals surface area (Å²) in [7, 11) is 0. The number of hydrogen-bond acceptors (Lipinski definition) is 4. The van der Waals surface area contributed by atoms with Crippen LogP contribution in [-0.4, -0.2) is 37.0 Å². The lowest BCUT2D eigenvalue weighted by Crippen LogP contribution is -2.59. The molecule has 2 aromatic rings. The van der Waals surface area contributed by atoms with E-state index in [4.69, 9.17) is 9.47 Å². The molecule has 2 aromatic carbocycles. The van der Waals surface area contributed by atoms with Gasteiger partial charge in [0.1, 0.15) is 17.2 Å². The minimum atomic E-state index is 0.187. The number of unbranched alkanes of at least 4 members (excludes halogenated alkanes) is 15. The summed E-state index contributed by atoms with van der Waals surface area (Å²) < 4.78 is 14.2. The smallest absolute Gasteiger partial charge is 0.233 e. The van der Waals surface area contributed by atoms with Crippen LogP contribution in [0.5, 0.6) is 11.5 Å². The van der Waals surface area contributed by atoms with Gasteiger partial charge in [0.05, 0.1) is 31.9 Å². The maximum Gasteiger partial charge on any atom is 0.233 e. The van der Waals surface area contributed by atoms with Gasteiger partial charge in [-0.2, -0.15) is 5.11 Å². The van der Waals surface area contributed by atoms with Gasteiger partial charge >= 0.3 is 0 Å². The molecule has 0 bridgehead atoms. The van der Waals surface area contributed by atoms with Gasteiger partial charge in [-0.1, -0.05) is 124 Å². The zero-order chi connectivity index (χ0) is 34.5. The van der Waals surface area contributed by atoms with E-state index < -0.39 is 0 Å². The molecule has 5 nitrogen and oxygen atoms in total. The Morgan fingerprint density at radius 3 is 1.54 bits per heavy atom. The second-order valence-corrected chi connectivity index (χ2v) is 14.1. The summed E-state index contributed by atoms with van der Waals surface area (Å²) in [5.41, 5.74) is 1.60. The summed E-state index contributed by atoms with van der Waals surface area (Å²) >= 11 is 0. The van der Waals surface area contributed by atoms with Crippen LogP contribution in [0.2, 0.25) is 0 Å². The standard InChI is InChI=1S/C43H74N3O2/c1-6-11-15-19-24-35-46(36-25-20-16-12-7-2,37-26-21-17-13-8-3)43(28-10-5)48-40-33-31-39(32-34-40)44-45-41-29-22-23-30-42(41)47-38-27-18-14-9-4/h22-23,29-34,43H,6-21,24-28,35-38H2,1-5H3/q+1. The number of para-hydroxylation sites is 1. The zero-order valence-corrected chi connectivity index (χ0v) is 32.0. The third kappa shape index (κ3) is 17.3. The first kappa shape index (κ1) is 41.8. The Kier molecular flexibility index (Phi) is 23.9. The molecule has 1 unspecified atom stereocenters. The minimum absolute atomic E-state index is 0.187. The highest BCUT2D eigenvalue weighted by Crippen LogP contribution is 2.31. The van der Waals surface area contributed by atoms with Crippen molar-refractivity contribution in [2.75, 3.05) is 26.2 Å². The van der Waals surface area contributed by atoms with Crippen LogP contribution >= 0.6 is 0 Å². The van der Waals surface area contributed by atoms with Crippen molar-refractivity contribution < 1.29 is 14.0 Å². The second kappa shape index (κ2) is 27.4. The number of benzene rings is 2. The third-order valence-electron chi connectivity index (χ3n) is 9.77. The van der Waals surface area contributed by atoms with Crippen LogP contribution in [-0.2, 0) is 0 Å². The third-order valence-corrected chi connectivity index (χ3v) is 9.77. The highest BCUT2D eigenvalue weighted by atomic mass is 16.5. The average molecular weight is 665 g/mol. The zero-order valence-electron chi connectivity index (χ0n) is 32.0. The first-order chi connectivity index (χ1) is 23.6. The molecule has 0 radical (unpaired) electrons. The fraction of sp³-hybridized carbons (Fsp3) is 0.721. The van der Waals surface area contributed by atoms with Gasteiger partial charge in [0.15, 0.2) is 0 Å². The molecule has 272 valence electrons. The topological polar surface area (TPSA) is 43.2 Å². The van der Waals surface area contributed by atoms with Gasteiger partial charge in [0.25, 0.3) is 0 Å². The average Bonchev–Trinajstić information content (AvgIpc) is 3.11. The second-order valence-electron chi connectivity index (χ2n) is 14.1. The SMILES string of the molecule is CCCCCCC[N+](CCCCCCC)(CCCCCCC)C(CCC)Oc1ccc(N=Nc2ccccc2OCCCCCC)cc1. The summed E-state index contributed by atoms with van der Waals surface area (Å²) in [6.07, 6.45) is 27.1. The van der Waals surface area contributed by atoms with Gasteiger partial charge in [-0.15, -0.1) is 5.11 Å². The number of ether oxygens (including phenoxy) is 2. The van der Waals surface area contributed by atoms with Gasteiger partial charge in [0, 0.05) is 6.42 Å². The Balaban J connectivity index is 2.21. The van der Waals surface area contributed by atoms with E-state index in [2.05, 4.69) is 57.0 Å². The Morgan fingerprint density at radius 2 is 1.02 bits per heavy atom. The predicted octanol–water partition coefficient (Wildman–Crippen LogP) is 14.3. The molecule has 0 amide bonds. The molecule has 2 rings (SSSR count). The van der Waals surface area contributed by atoms with E-state index >= 15 is 0 Å². The monoisotopic (exact) mass is 665 g/mol. The molecule has 0 aromatic heterocycles. The molecule has 0 aliphatic carbocycles. The lowest BCUT2D eigenvalue weighted by molar-refractivity contribution is -0.968. The van der Waals surface area contributed by atoms with Gasteiger partial charge in [-0.25, -0.2) is 0 Å². The number of azo groups is 1. The molecule has 1 atom stereocenters. The summed E-state index contributed by atoms with van der Waals surface area (Å²) in [6, 6.07) is 16.3. The number of nitrogens with zero attached hydrogens (tertiary/aromatic N) is 3. The minimum Gasteiger partial charge on any atom is -0.491 e. The van der Waals surface area contributed by atoms with Crippen LogP contribution in [0, 0.1) is 0 Å². The van der Waals surface area contributed by atoms with Crippen molar-refractivity contribution in [2.45, 2.75) is 176 Å². The summed E-state index contributed by atoms with van der Waals surface area (Å²) in [5.74, 6) is 1.75. The number of quaternary nitrogens is 1. The summed E-state index contributed by atoms with van der Waals surface area (Å²) in [6.45, 7) is 15.9. The molecule has 0 saturated carbocycles. The van der Waals surface area contributed by atoms with Crippen molar-refractivity contribution in [1.82, 2.24) is 0 Å². The summed E-state index contributed by atoms with van der Waals surface area (Å²) in [5, 5.41) is 9.15. The quantitative estimate of drug-likeness (QED) is 0.0348. The fourth-order valence-electron chi connectivity index (χ4n) is 6.78. The van der Waals surface area contributed by atoms with E-state index in [9.17, 15) is 0 Å². The highest BCUT2D eigenvalue weighted by Gasteiger charge is 2.37. The molecule has 0 aliphatic heterocycles. The first-order valence-corrected chi connectivity index (χ1v) is 20.4. The first-order valence-electron chi connectivity index (χ1n) is 20.4. The van der Waals surface area contributed by atoms with Crippen LogP contribution in [0.1, 0.15) is 169 Å². The molecule has 5 heteroatoms. The maximum atomic E-state index is 7.04. The fourth-order valence-corrected chi connectivity index (χ4v) is 6.78. The van der Waals surface area contributed by atoms with E-state index in [1.54, 1.807) is 0 Å². The molecular weight excluding hydrogens is 590 g/mol. The van der Waals surface area contributed by atoms with Crippen molar-refractivity contribution in [3.05, 3.63) is 48.5 Å². The van der Waals surface area contributed by atoms with Gasteiger partial charge in [0.2, 0.25) is 6.23 Å². The van der Waals surface area contributed by atoms with E-state index in [-0.39, 0.29) is 6.23 Å². The highest BCUT2D eigenvalue weighted by molar-refractivity contribution is 5.51. The number of rotatable bonds is 31. The molecule has 0 spiro atoms. The Morgan fingerprint density at radius 1 is 0.521 bits per heavy atom. The Hall–Kier alpha value is -2.40. The van der Waals surface area contributed by atoms with Crippen molar-refractivity contribution >= 4 is 11.4 Å². The van der Waals surface area contributed by atoms with Crippen molar-refractivity contribution in [3.8, 4) is 11.5 Å². The Labute approximate surface area is 296 Å². The van der Waals surface area contributed by atoms with Crippen molar-refractivity contribution in [3.63, 3.8) is 0 Å². The molecule has 0 saturated heterocycles. The van der Waals surface area contributed by atoms with Gasteiger partial charge in [-0.05, 0) is 87.8 Å². The molecule has 0 heterocycles. The molecule has 0 fully saturated rings. The van der Waals surface area contributed by atoms with E-state index in [1.165, 1.54) is 135 Å².